The molecule has 2 atom stereocenters. The molecule has 5 nitrogen and oxygen atoms in total. The van der Waals surface area contributed by atoms with Gasteiger partial charge < -0.3 is 10.3 Å². The minimum absolute atomic E-state index is 0.482. The van der Waals surface area contributed by atoms with Crippen LogP contribution in [-0.4, -0.2) is 45.3 Å². The first-order valence-corrected chi connectivity index (χ1v) is 9.20. The lowest BCUT2D eigenvalue weighted by Gasteiger charge is -2.50. The summed E-state index contributed by atoms with van der Waals surface area (Å²) in [4.78, 5) is 6.00. The fraction of sp³-hybridized carbons (Fsp3) is 0.400. The summed E-state index contributed by atoms with van der Waals surface area (Å²) in [5.41, 5.74) is 3.02. The number of para-hydroxylation sites is 1. The van der Waals surface area contributed by atoms with Crippen molar-refractivity contribution in [3.63, 3.8) is 0 Å². The van der Waals surface area contributed by atoms with Crippen molar-refractivity contribution in [3.8, 4) is 11.4 Å². The van der Waals surface area contributed by atoms with Gasteiger partial charge in [0.05, 0.1) is 5.69 Å². The highest BCUT2D eigenvalue weighted by Gasteiger charge is 2.39. The maximum Gasteiger partial charge on any atom is 0.148 e. The molecule has 2 N–H and O–H groups in total. The topological polar surface area (TPSA) is 56.8 Å². The summed E-state index contributed by atoms with van der Waals surface area (Å²) in [6.45, 7) is 4.82. The predicted molar refractivity (Wildman–Crippen MR) is 100 cm³/mol. The van der Waals surface area contributed by atoms with Crippen LogP contribution in [0.15, 0.2) is 42.5 Å². The van der Waals surface area contributed by atoms with Crippen LogP contribution in [0.1, 0.15) is 19.8 Å². The van der Waals surface area contributed by atoms with Gasteiger partial charge >= 0.3 is 0 Å². The molecule has 0 saturated carbocycles. The predicted octanol–water partition coefficient (Wildman–Crippen LogP) is 3.52. The Kier molecular flexibility index (Phi) is 3.48. The molecule has 0 spiro atoms. The zero-order valence-corrected chi connectivity index (χ0v) is 14.4. The van der Waals surface area contributed by atoms with E-state index in [1.165, 1.54) is 31.3 Å². The molecule has 0 amide bonds. The third kappa shape index (κ3) is 2.59. The van der Waals surface area contributed by atoms with Crippen molar-refractivity contribution in [2.24, 2.45) is 5.92 Å². The number of nitrogens with zero attached hydrogens (tertiary/aromatic N) is 3. The molecule has 128 valence electrons. The number of benzene rings is 1. The van der Waals surface area contributed by atoms with Gasteiger partial charge in [-0.05, 0) is 63.0 Å². The molecule has 5 heteroatoms. The molecule has 0 radical (unpaired) electrons. The van der Waals surface area contributed by atoms with Gasteiger partial charge in [-0.1, -0.05) is 18.2 Å². The maximum absolute atomic E-state index is 4.44. The average Bonchev–Trinajstić information content (AvgIpc) is 3.10. The van der Waals surface area contributed by atoms with Crippen LogP contribution in [0, 0.1) is 5.92 Å². The van der Waals surface area contributed by atoms with Gasteiger partial charge in [0.15, 0.2) is 0 Å². The zero-order valence-electron chi connectivity index (χ0n) is 14.4. The van der Waals surface area contributed by atoms with Crippen molar-refractivity contribution in [1.29, 1.82) is 0 Å². The molecule has 3 saturated heterocycles. The number of nitrogens with one attached hydrogen (secondary N) is 2. The number of aromatic amines is 1. The summed E-state index contributed by atoms with van der Waals surface area (Å²) in [5.74, 6) is 1.64. The minimum Gasteiger partial charge on any atom is -0.364 e. The van der Waals surface area contributed by atoms with Crippen molar-refractivity contribution < 1.29 is 0 Å². The standard InChI is InChI=1S/C20H23N5/c1-13-20(14-8-10-25(13)11-9-14)22-19-7-6-17(23-24-19)18-12-15-4-2-3-5-16(15)21-18/h2-7,12-14,20-21H,8-11H2,1H3,(H,22,24)/t13-,20-/m1/s1. The van der Waals surface area contributed by atoms with Crippen LogP contribution < -0.4 is 5.32 Å². The van der Waals surface area contributed by atoms with E-state index in [1.807, 2.05) is 18.2 Å². The van der Waals surface area contributed by atoms with Gasteiger partial charge in [0, 0.05) is 23.0 Å². The van der Waals surface area contributed by atoms with Gasteiger partial charge in [-0.25, -0.2) is 0 Å². The largest absolute Gasteiger partial charge is 0.364 e. The fourth-order valence-corrected chi connectivity index (χ4v) is 4.48. The Bertz CT molecular complexity index is 841. The van der Waals surface area contributed by atoms with Crippen LogP contribution in [0.5, 0.6) is 0 Å². The summed E-state index contributed by atoms with van der Waals surface area (Å²) in [6, 6.07) is 15.6. The van der Waals surface area contributed by atoms with Crippen molar-refractivity contribution in [3.05, 3.63) is 42.5 Å². The minimum atomic E-state index is 0.482. The highest BCUT2D eigenvalue weighted by molar-refractivity contribution is 5.85. The molecule has 1 aromatic carbocycles. The fourth-order valence-electron chi connectivity index (χ4n) is 4.48. The smallest absolute Gasteiger partial charge is 0.148 e. The Hall–Kier alpha value is -2.40. The summed E-state index contributed by atoms with van der Waals surface area (Å²) in [5, 5.41) is 13.7. The van der Waals surface area contributed by atoms with Gasteiger partial charge in [-0.3, -0.25) is 4.90 Å². The van der Waals surface area contributed by atoms with E-state index >= 15 is 0 Å². The summed E-state index contributed by atoms with van der Waals surface area (Å²) in [7, 11) is 0. The zero-order chi connectivity index (χ0) is 16.8. The highest BCUT2D eigenvalue weighted by Crippen LogP contribution is 2.33. The van der Waals surface area contributed by atoms with E-state index in [2.05, 4.69) is 56.6 Å². The molecule has 25 heavy (non-hydrogen) atoms. The second-order valence-corrected chi connectivity index (χ2v) is 7.36. The van der Waals surface area contributed by atoms with Crippen LogP contribution in [0.4, 0.5) is 5.82 Å². The average molecular weight is 333 g/mol. The van der Waals surface area contributed by atoms with Gasteiger partial charge in [0.25, 0.3) is 0 Å². The first-order chi connectivity index (χ1) is 12.3. The van der Waals surface area contributed by atoms with Crippen LogP contribution in [0.25, 0.3) is 22.3 Å². The van der Waals surface area contributed by atoms with Crippen molar-refractivity contribution in [2.75, 3.05) is 18.4 Å². The van der Waals surface area contributed by atoms with Gasteiger partial charge in [-0.2, -0.15) is 0 Å². The van der Waals surface area contributed by atoms with E-state index in [9.17, 15) is 0 Å². The molecule has 0 aliphatic carbocycles. The lowest BCUT2D eigenvalue weighted by Crippen LogP contribution is -2.59. The number of anilines is 1. The molecular formula is C20H23N5. The van der Waals surface area contributed by atoms with Gasteiger partial charge in [-0.15, -0.1) is 10.2 Å². The number of H-pyrrole nitrogens is 1. The molecule has 3 aliphatic rings. The lowest BCUT2D eigenvalue weighted by molar-refractivity contribution is 0.0457. The molecule has 5 heterocycles. The number of fused-ring (bicyclic) bond motifs is 4. The van der Waals surface area contributed by atoms with E-state index in [0.717, 1.165) is 28.6 Å². The number of hydrogen-bond acceptors (Lipinski definition) is 4. The van der Waals surface area contributed by atoms with Crippen molar-refractivity contribution in [1.82, 2.24) is 20.1 Å². The monoisotopic (exact) mass is 333 g/mol. The normalized spacial score (nSPS) is 28.4. The third-order valence-electron chi connectivity index (χ3n) is 5.96. The first-order valence-electron chi connectivity index (χ1n) is 9.20. The van der Waals surface area contributed by atoms with Crippen molar-refractivity contribution >= 4 is 16.7 Å². The van der Waals surface area contributed by atoms with E-state index < -0.39 is 0 Å². The van der Waals surface area contributed by atoms with Crippen LogP contribution in [0.3, 0.4) is 0 Å². The SMILES string of the molecule is C[C@@H]1[C@@H](Nc2ccc(-c3cc4ccccc4[nH]3)nn2)C2CCN1CC2. The number of hydrogen-bond donors (Lipinski definition) is 2. The molecule has 0 unspecified atom stereocenters. The summed E-state index contributed by atoms with van der Waals surface area (Å²) >= 11 is 0. The van der Waals surface area contributed by atoms with Gasteiger partial charge in [0.1, 0.15) is 11.5 Å². The van der Waals surface area contributed by atoms with E-state index in [-0.39, 0.29) is 0 Å². The summed E-state index contributed by atoms with van der Waals surface area (Å²) in [6.07, 6.45) is 2.59. The Balaban J connectivity index is 1.36. The van der Waals surface area contributed by atoms with Gasteiger partial charge in [0.2, 0.25) is 0 Å². The van der Waals surface area contributed by atoms with E-state index in [1.54, 1.807) is 0 Å². The number of rotatable bonds is 3. The summed E-state index contributed by atoms with van der Waals surface area (Å²) < 4.78 is 0. The third-order valence-corrected chi connectivity index (χ3v) is 5.96. The highest BCUT2D eigenvalue weighted by atomic mass is 15.2. The Labute approximate surface area is 147 Å². The lowest BCUT2D eigenvalue weighted by atomic mass is 9.79. The second-order valence-electron chi connectivity index (χ2n) is 7.36. The molecule has 2 aromatic heterocycles. The number of piperidine rings is 3. The Morgan fingerprint density at radius 3 is 2.64 bits per heavy atom. The number of aromatic nitrogens is 3. The van der Waals surface area contributed by atoms with Crippen LogP contribution >= 0.6 is 0 Å². The molecular weight excluding hydrogens is 310 g/mol. The quantitative estimate of drug-likeness (QED) is 0.770. The van der Waals surface area contributed by atoms with Crippen molar-refractivity contribution in [2.45, 2.75) is 31.8 Å². The molecule has 3 aromatic rings. The molecule has 6 rings (SSSR count). The van der Waals surface area contributed by atoms with Crippen LogP contribution in [-0.2, 0) is 0 Å². The second kappa shape index (κ2) is 5.85. The van der Waals surface area contributed by atoms with Crippen LogP contribution in [0.2, 0.25) is 0 Å². The molecule has 3 fully saturated rings. The van der Waals surface area contributed by atoms with E-state index in [4.69, 9.17) is 0 Å². The Morgan fingerprint density at radius 2 is 1.92 bits per heavy atom. The maximum atomic E-state index is 4.44. The molecule has 3 aliphatic heterocycles. The van der Waals surface area contributed by atoms with E-state index in [0.29, 0.717) is 12.1 Å². The Morgan fingerprint density at radius 1 is 1.08 bits per heavy atom. The molecule has 2 bridgehead atoms. The first kappa shape index (κ1) is 14.9.